The fourth-order valence-corrected chi connectivity index (χ4v) is 2.36. The van der Waals surface area contributed by atoms with Crippen molar-refractivity contribution in [3.05, 3.63) is 39.0 Å². The zero-order valence-electron chi connectivity index (χ0n) is 10.5. The van der Waals surface area contributed by atoms with Gasteiger partial charge in [0.1, 0.15) is 17.5 Å². The number of aromatic carboxylic acids is 1. The third-order valence-corrected chi connectivity index (χ3v) is 3.61. The van der Waals surface area contributed by atoms with E-state index in [1.807, 2.05) is 0 Å². The Morgan fingerprint density at radius 1 is 1.57 bits per heavy atom. The maximum absolute atomic E-state index is 11.0. The molecule has 1 heterocycles. The second-order valence-corrected chi connectivity index (χ2v) is 5.14. The summed E-state index contributed by atoms with van der Waals surface area (Å²) < 4.78 is 4.98. The lowest BCUT2D eigenvalue weighted by molar-refractivity contribution is -0.380. The van der Waals surface area contributed by atoms with Gasteiger partial charge in [0.25, 0.3) is 0 Å². The summed E-state index contributed by atoms with van der Waals surface area (Å²) in [4.78, 5) is 24.9. The predicted molar refractivity (Wildman–Crippen MR) is 77.0 cm³/mol. The second-order valence-electron chi connectivity index (χ2n) is 3.72. The molecule has 0 atom stereocenters. The number of nitro groups is 1. The van der Waals surface area contributed by atoms with Gasteiger partial charge in [-0.3, -0.25) is 10.1 Å². The van der Waals surface area contributed by atoms with Gasteiger partial charge in [-0.05, 0) is 17.4 Å². The van der Waals surface area contributed by atoms with Gasteiger partial charge >= 0.3 is 11.0 Å². The summed E-state index contributed by atoms with van der Waals surface area (Å²) in [7, 11) is 1.33. The van der Waals surface area contributed by atoms with Gasteiger partial charge in [0, 0.05) is 6.07 Å². The van der Waals surface area contributed by atoms with E-state index in [9.17, 15) is 14.9 Å². The first-order valence-electron chi connectivity index (χ1n) is 5.40. The maximum Gasteiger partial charge on any atom is 0.345 e. The number of ether oxygens (including phenoxy) is 1. The van der Waals surface area contributed by atoms with Gasteiger partial charge in [-0.25, -0.2) is 9.78 Å². The maximum atomic E-state index is 11.0. The molecule has 0 bridgehead atoms. The van der Waals surface area contributed by atoms with E-state index in [2.05, 4.69) is 10.3 Å². The van der Waals surface area contributed by atoms with Crippen molar-refractivity contribution >= 4 is 44.7 Å². The van der Waals surface area contributed by atoms with E-state index >= 15 is 0 Å². The van der Waals surface area contributed by atoms with Crippen LogP contribution in [-0.2, 0) is 0 Å². The van der Waals surface area contributed by atoms with Crippen LogP contribution in [0, 0.1) is 10.1 Å². The number of anilines is 2. The summed E-state index contributed by atoms with van der Waals surface area (Å²) in [5.41, 5.74) is 0.251. The number of methoxy groups -OCH3 is 1. The first kappa shape index (κ1) is 15.0. The summed E-state index contributed by atoms with van der Waals surface area (Å²) in [5.74, 6) is -1.06. The Morgan fingerprint density at radius 3 is 2.81 bits per heavy atom. The normalized spacial score (nSPS) is 10.2. The summed E-state index contributed by atoms with van der Waals surface area (Å²) in [6.07, 6.45) is 1.11. The quantitative estimate of drug-likeness (QED) is 0.639. The summed E-state index contributed by atoms with van der Waals surface area (Å²) in [6, 6.07) is 2.62. The highest BCUT2D eigenvalue weighted by molar-refractivity contribution is 7.18. The molecule has 0 saturated heterocycles. The molecule has 0 unspecified atom stereocenters. The van der Waals surface area contributed by atoms with Gasteiger partial charge in [-0.1, -0.05) is 11.6 Å². The van der Waals surface area contributed by atoms with Gasteiger partial charge in [0.2, 0.25) is 0 Å². The molecular weight excluding hydrogens is 322 g/mol. The van der Waals surface area contributed by atoms with Gasteiger partial charge in [-0.2, -0.15) is 0 Å². The van der Waals surface area contributed by atoms with Crippen molar-refractivity contribution in [1.82, 2.24) is 4.98 Å². The molecule has 8 nitrogen and oxygen atoms in total. The van der Waals surface area contributed by atoms with Crippen LogP contribution < -0.4 is 10.1 Å². The Bertz CT molecular complexity index is 718. The molecule has 10 heteroatoms. The monoisotopic (exact) mass is 329 g/mol. The smallest absolute Gasteiger partial charge is 0.345 e. The molecule has 2 rings (SSSR count). The highest BCUT2D eigenvalue weighted by atomic mass is 35.5. The summed E-state index contributed by atoms with van der Waals surface area (Å²) in [5, 5.41) is 22.7. The van der Waals surface area contributed by atoms with Crippen LogP contribution in [-0.4, -0.2) is 28.1 Å². The molecule has 21 heavy (non-hydrogen) atoms. The average molecular weight is 330 g/mol. The Hall–Kier alpha value is -2.39. The first-order valence-corrected chi connectivity index (χ1v) is 6.60. The van der Waals surface area contributed by atoms with E-state index in [1.54, 1.807) is 0 Å². The Balaban J connectivity index is 2.35. The molecule has 0 spiro atoms. The molecule has 0 aliphatic rings. The summed E-state index contributed by atoms with van der Waals surface area (Å²) in [6.45, 7) is 0. The van der Waals surface area contributed by atoms with Crippen LogP contribution in [0.2, 0.25) is 5.02 Å². The van der Waals surface area contributed by atoms with Crippen LogP contribution in [0.25, 0.3) is 0 Å². The van der Waals surface area contributed by atoms with Gasteiger partial charge < -0.3 is 15.2 Å². The van der Waals surface area contributed by atoms with Crippen molar-refractivity contribution in [1.29, 1.82) is 0 Å². The third-order valence-electron chi connectivity index (χ3n) is 2.43. The largest absolute Gasteiger partial charge is 0.496 e. The fraction of sp³-hybridized carbons (Fsp3) is 0.0909. The number of nitrogens with zero attached hydrogens (tertiary/aromatic N) is 2. The highest BCUT2D eigenvalue weighted by Gasteiger charge is 2.17. The topological polar surface area (TPSA) is 115 Å². The number of carbonyl (C=O) groups is 1. The lowest BCUT2D eigenvalue weighted by Crippen LogP contribution is -2.02. The second kappa shape index (κ2) is 5.94. The molecule has 0 saturated carbocycles. The van der Waals surface area contributed by atoms with E-state index in [-0.39, 0.29) is 26.5 Å². The molecule has 0 aliphatic heterocycles. The first-order chi connectivity index (χ1) is 9.92. The van der Waals surface area contributed by atoms with E-state index in [0.717, 1.165) is 17.5 Å². The molecule has 1 aromatic heterocycles. The van der Waals surface area contributed by atoms with E-state index in [0.29, 0.717) is 5.69 Å². The van der Waals surface area contributed by atoms with E-state index in [4.69, 9.17) is 21.4 Å². The predicted octanol–water partition coefficient (Wildman–Crippen LogP) is 3.16. The molecule has 2 N–H and O–H groups in total. The molecule has 1 aromatic carbocycles. The number of halogens is 1. The zero-order chi connectivity index (χ0) is 15.6. The molecule has 110 valence electrons. The highest BCUT2D eigenvalue weighted by Crippen LogP contribution is 2.35. The number of rotatable bonds is 5. The molecule has 2 aromatic rings. The third kappa shape index (κ3) is 3.20. The molecule has 0 amide bonds. The average Bonchev–Trinajstić information content (AvgIpc) is 2.89. The van der Waals surface area contributed by atoms with E-state index < -0.39 is 10.9 Å². The number of hydrogen-bond donors (Lipinski definition) is 2. The van der Waals surface area contributed by atoms with Crippen molar-refractivity contribution in [2.45, 2.75) is 0 Å². The van der Waals surface area contributed by atoms with Crippen molar-refractivity contribution in [3.8, 4) is 5.75 Å². The lowest BCUT2D eigenvalue weighted by atomic mass is 10.2. The van der Waals surface area contributed by atoms with Crippen LogP contribution in [0.15, 0.2) is 18.3 Å². The van der Waals surface area contributed by atoms with Crippen LogP contribution in [0.1, 0.15) is 10.4 Å². The van der Waals surface area contributed by atoms with Crippen LogP contribution in [0.4, 0.5) is 15.8 Å². The SMILES string of the molecule is COc1cc(Nc2ncc([N+](=O)[O-])s2)c(Cl)cc1C(=O)O. The minimum Gasteiger partial charge on any atom is -0.496 e. The number of benzene rings is 1. The molecule has 0 fully saturated rings. The zero-order valence-corrected chi connectivity index (χ0v) is 12.1. The van der Waals surface area contributed by atoms with E-state index in [1.165, 1.54) is 19.2 Å². The summed E-state index contributed by atoms with van der Waals surface area (Å²) >= 11 is 6.81. The molecule has 0 aliphatic carbocycles. The molecule has 0 radical (unpaired) electrons. The van der Waals surface area contributed by atoms with Crippen LogP contribution >= 0.6 is 22.9 Å². The Labute approximate surface area is 127 Å². The Morgan fingerprint density at radius 2 is 2.29 bits per heavy atom. The van der Waals surface area contributed by atoms with Crippen LogP contribution in [0.3, 0.4) is 0 Å². The van der Waals surface area contributed by atoms with Crippen molar-refractivity contribution in [2.24, 2.45) is 0 Å². The number of hydrogen-bond acceptors (Lipinski definition) is 7. The van der Waals surface area contributed by atoms with Crippen LogP contribution in [0.5, 0.6) is 5.75 Å². The minimum atomic E-state index is -1.18. The van der Waals surface area contributed by atoms with Gasteiger partial charge in [-0.15, -0.1) is 0 Å². The lowest BCUT2D eigenvalue weighted by Gasteiger charge is -2.10. The number of carboxylic acids is 1. The number of nitrogens with one attached hydrogen (secondary N) is 1. The number of aromatic nitrogens is 1. The minimum absolute atomic E-state index is 0.0850. The van der Waals surface area contributed by atoms with Gasteiger partial charge in [0.05, 0.1) is 22.7 Å². The van der Waals surface area contributed by atoms with Crippen molar-refractivity contribution in [2.75, 3.05) is 12.4 Å². The Kier molecular flexibility index (Phi) is 4.24. The standard InChI is InChI=1S/C11H8ClN3O5S/c1-20-8-3-7(6(12)2-5(8)10(16)17)14-11-13-4-9(21-11)15(18)19/h2-4H,1H3,(H,13,14)(H,16,17). The number of carboxylic acid groups (broad SMARTS) is 1. The fourth-order valence-electron chi connectivity index (χ4n) is 1.51. The van der Waals surface area contributed by atoms with Gasteiger partial charge in [0.15, 0.2) is 5.13 Å². The van der Waals surface area contributed by atoms with Crippen molar-refractivity contribution in [3.63, 3.8) is 0 Å². The molecular formula is C11H8ClN3O5S. The van der Waals surface area contributed by atoms with Crippen molar-refractivity contribution < 1.29 is 19.6 Å². The number of thiazole rings is 1.